The van der Waals surface area contributed by atoms with Crippen LogP contribution in [0.4, 0.5) is 5.69 Å². The minimum absolute atomic E-state index is 0.0715. The molecule has 0 aliphatic carbocycles. The highest BCUT2D eigenvalue weighted by Gasteiger charge is 2.15. The lowest BCUT2D eigenvalue weighted by Gasteiger charge is -1.98. The van der Waals surface area contributed by atoms with Gasteiger partial charge in [-0.15, -0.1) is 0 Å². The van der Waals surface area contributed by atoms with Gasteiger partial charge in [-0.05, 0) is 25.1 Å². The summed E-state index contributed by atoms with van der Waals surface area (Å²) in [5, 5.41) is 9.94. The van der Waals surface area contributed by atoms with Crippen LogP contribution in [0.5, 0.6) is 5.88 Å². The molecule has 0 fully saturated rings. The van der Waals surface area contributed by atoms with E-state index < -0.39 is 0 Å². The van der Waals surface area contributed by atoms with E-state index in [4.69, 9.17) is 0 Å². The van der Waals surface area contributed by atoms with Crippen LogP contribution in [0.25, 0.3) is 11.6 Å². The summed E-state index contributed by atoms with van der Waals surface area (Å²) in [7, 11) is 0. The average molecular weight is 256 g/mol. The molecule has 6 heteroatoms. The molecule has 6 nitrogen and oxygen atoms in total. The number of fused-ring (bicyclic) bond motifs is 1. The van der Waals surface area contributed by atoms with Gasteiger partial charge in [-0.1, -0.05) is 0 Å². The molecule has 0 unspecified atom stereocenters. The molecule has 0 aromatic carbocycles. The summed E-state index contributed by atoms with van der Waals surface area (Å²) < 4.78 is 1.26. The van der Waals surface area contributed by atoms with Crippen LogP contribution < -0.4 is 5.69 Å². The van der Waals surface area contributed by atoms with Crippen LogP contribution in [0.3, 0.4) is 0 Å². The van der Waals surface area contributed by atoms with Crippen molar-refractivity contribution in [2.24, 2.45) is 4.99 Å². The number of aromatic amines is 1. The lowest BCUT2D eigenvalue weighted by molar-refractivity contribution is 0.417. The van der Waals surface area contributed by atoms with E-state index in [0.29, 0.717) is 12.2 Å². The molecule has 2 aromatic rings. The Labute approximate surface area is 108 Å². The summed E-state index contributed by atoms with van der Waals surface area (Å²) in [6.07, 6.45) is 5.02. The molecule has 0 atom stereocenters. The summed E-state index contributed by atoms with van der Waals surface area (Å²) in [6, 6.07) is 3.67. The third-order valence-electron chi connectivity index (χ3n) is 3.00. The van der Waals surface area contributed by atoms with Gasteiger partial charge < -0.3 is 10.1 Å². The van der Waals surface area contributed by atoms with Crippen LogP contribution in [0, 0.1) is 0 Å². The average Bonchev–Trinajstić information content (AvgIpc) is 2.93. The zero-order valence-electron chi connectivity index (χ0n) is 10.3. The Kier molecular flexibility index (Phi) is 2.56. The van der Waals surface area contributed by atoms with Crippen LogP contribution in [0.2, 0.25) is 0 Å². The SMILES string of the molecule is CCn1c(O)c(C=C2C=Nc3cccnc32)[nH]c1=O. The van der Waals surface area contributed by atoms with Gasteiger partial charge in [0, 0.05) is 24.5 Å². The molecule has 3 rings (SSSR count). The molecule has 2 aromatic heterocycles. The molecule has 0 amide bonds. The summed E-state index contributed by atoms with van der Waals surface area (Å²) in [5.41, 5.74) is 2.32. The number of nitrogens with one attached hydrogen (secondary N) is 1. The van der Waals surface area contributed by atoms with E-state index in [0.717, 1.165) is 17.0 Å². The third-order valence-corrected chi connectivity index (χ3v) is 3.00. The number of rotatable bonds is 2. The molecular formula is C13H12N4O2. The zero-order valence-corrected chi connectivity index (χ0v) is 10.3. The Balaban J connectivity index is 2.10. The molecule has 1 aliphatic rings. The first kappa shape index (κ1) is 11.5. The molecule has 0 bridgehead atoms. The fraction of sp³-hybridized carbons (Fsp3) is 0.154. The number of nitrogens with zero attached hydrogens (tertiary/aromatic N) is 3. The van der Waals surface area contributed by atoms with Crippen molar-refractivity contribution in [1.82, 2.24) is 14.5 Å². The van der Waals surface area contributed by atoms with Gasteiger partial charge in [0.05, 0.1) is 11.4 Å². The highest BCUT2D eigenvalue weighted by molar-refractivity contribution is 6.20. The molecule has 0 radical (unpaired) electrons. The highest BCUT2D eigenvalue weighted by atomic mass is 16.3. The minimum Gasteiger partial charge on any atom is -0.493 e. The Morgan fingerprint density at radius 3 is 3.11 bits per heavy atom. The fourth-order valence-corrected chi connectivity index (χ4v) is 2.06. The van der Waals surface area contributed by atoms with Gasteiger partial charge in [0.15, 0.2) is 0 Å². The number of aromatic hydroxyl groups is 1. The van der Waals surface area contributed by atoms with Gasteiger partial charge in [-0.25, -0.2) is 4.79 Å². The van der Waals surface area contributed by atoms with Crippen LogP contribution in [0.15, 0.2) is 28.1 Å². The lowest BCUT2D eigenvalue weighted by Crippen LogP contribution is -2.14. The Bertz CT molecular complexity index is 752. The number of aromatic nitrogens is 3. The van der Waals surface area contributed by atoms with Crippen LogP contribution >= 0.6 is 0 Å². The predicted octanol–water partition coefficient (Wildman–Crippen LogP) is 1.55. The molecular weight excluding hydrogens is 244 g/mol. The van der Waals surface area contributed by atoms with E-state index in [1.54, 1.807) is 25.4 Å². The molecule has 1 aliphatic heterocycles. The van der Waals surface area contributed by atoms with Crippen LogP contribution in [-0.4, -0.2) is 25.9 Å². The largest absolute Gasteiger partial charge is 0.493 e. The molecule has 0 saturated carbocycles. The monoisotopic (exact) mass is 256 g/mol. The van der Waals surface area contributed by atoms with Crippen molar-refractivity contribution in [3.8, 4) is 5.88 Å². The number of aliphatic imine (C=N–C) groups is 1. The van der Waals surface area contributed by atoms with Crippen molar-refractivity contribution in [3.05, 3.63) is 40.2 Å². The maximum atomic E-state index is 11.6. The van der Waals surface area contributed by atoms with Crippen molar-refractivity contribution in [2.75, 3.05) is 0 Å². The standard InChI is InChI=1S/C13H12N4O2/c1-2-17-12(18)10(16-13(17)19)6-8-7-15-9-4-3-5-14-11(8)9/h3-7,18H,2H2,1H3,(H,16,19). The molecule has 19 heavy (non-hydrogen) atoms. The van der Waals surface area contributed by atoms with E-state index in [1.807, 2.05) is 12.1 Å². The van der Waals surface area contributed by atoms with Crippen LogP contribution in [-0.2, 0) is 6.54 Å². The van der Waals surface area contributed by atoms with Crippen molar-refractivity contribution in [3.63, 3.8) is 0 Å². The maximum absolute atomic E-state index is 11.6. The van der Waals surface area contributed by atoms with Crippen molar-refractivity contribution >= 4 is 23.6 Å². The Morgan fingerprint density at radius 2 is 2.37 bits per heavy atom. The first-order valence-electron chi connectivity index (χ1n) is 5.93. The van der Waals surface area contributed by atoms with Crippen molar-refractivity contribution < 1.29 is 5.11 Å². The molecule has 0 spiro atoms. The van der Waals surface area contributed by atoms with Gasteiger partial charge in [-0.3, -0.25) is 14.5 Å². The first-order chi connectivity index (χ1) is 9.20. The second kappa shape index (κ2) is 4.24. The van der Waals surface area contributed by atoms with E-state index in [2.05, 4.69) is 15.0 Å². The molecule has 3 heterocycles. The van der Waals surface area contributed by atoms with Crippen molar-refractivity contribution in [1.29, 1.82) is 0 Å². The van der Waals surface area contributed by atoms with Gasteiger partial charge in [0.1, 0.15) is 5.69 Å². The summed E-state index contributed by atoms with van der Waals surface area (Å²) in [4.78, 5) is 22.7. The fourth-order valence-electron chi connectivity index (χ4n) is 2.06. The normalized spacial score (nSPS) is 15.1. The Hall–Kier alpha value is -2.63. The topological polar surface area (TPSA) is 83.3 Å². The zero-order chi connectivity index (χ0) is 13.4. The number of H-pyrrole nitrogens is 1. The number of imidazole rings is 1. The third kappa shape index (κ3) is 1.77. The summed E-state index contributed by atoms with van der Waals surface area (Å²) in [6.45, 7) is 2.20. The first-order valence-corrected chi connectivity index (χ1v) is 5.93. The molecule has 96 valence electrons. The summed E-state index contributed by atoms with van der Waals surface area (Å²) in [5.74, 6) is -0.0715. The smallest absolute Gasteiger partial charge is 0.328 e. The minimum atomic E-state index is -0.331. The van der Waals surface area contributed by atoms with Gasteiger partial charge in [0.25, 0.3) is 0 Å². The van der Waals surface area contributed by atoms with E-state index in [9.17, 15) is 9.90 Å². The van der Waals surface area contributed by atoms with Gasteiger partial charge in [-0.2, -0.15) is 0 Å². The second-order valence-corrected chi connectivity index (χ2v) is 4.14. The molecule has 2 N–H and O–H groups in total. The number of allylic oxidation sites excluding steroid dienone is 1. The van der Waals surface area contributed by atoms with Crippen molar-refractivity contribution in [2.45, 2.75) is 13.5 Å². The predicted molar refractivity (Wildman–Crippen MR) is 72.7 cm³/mol. The van der Waals surface area contributed by atoms with E-state index in [1.165, 1.54) is 4.57 Å². The van der Waals surface area contributed by atoms with Gasteiger partial charge in [0.2, 0.25) is 5.88 Å². The lowest BCUT2D eigenvalue weighted by atomic mass is 10.1. The Morgan fingerprint density at radius 1 is 1.53 bits per heavy atom. The number of pyridine rings is 1. The van der Waals surface area contributed by atoms with E-state index >= 15 is 0 Å². The summed E-state index contributed by atoms with van der Waals surface area (Å²) >= 11 is 0. The number of hydrogen-bond acceptors (Lipinski definition) is 4. The quantitative estimate of drug-likeness (QED) is 0.855. The number of hydrogen-bond donors (Lipinski definition) is 2. The highest BCUT2D eigenvalue weighted by Crippen LogP contribution is 2.30. The second-order valence-electron chi connectivity index (χ2n) is 4.14. The molecule has 0 saturated heterocycles. The maximum Gasteiger partial charge on any atom is 0.328 e. The van der Waals surface area contributed by atoms with Gasteiger partial charge >= 0.3 is 5.69 Å². The van der Waals surface area contributed by atoms with E-state index in [-0.39, 0.29) is 11.6 Å². The van der Waals surface area contributed by atoms with Crippen LogP contribution in [0.1, 0.15) is 18.3 Å².